The summed E-state index contributed by atoms with van der Waals surface area (Å²) in [7, 11) is 3.34. The minimum absolute atomic E-state index is 0.0497. The highest BCUT2D eigenvalue weighted by Gasteiger charge is 2.08. The van der Waals surface area contributed by atoms with Crippen molar-refractivity contribution in [2.75, 3.05) is 20.8 Å². The van der Waals surface area contributed by atoms with Crippen molar-refractivity contribution in [3.05, 3.63) is 28.2 Å². The van der Waals surface area contributed by atoms with Gasteiger partial charge in [-0.3, -0.25) is 0 Å². The predicted octanol–water partition coefficient (Wildman–Crippen LogP) is 3.64. The molecule has 1 rings (SSSR count). The molecule has 0 aliphatic rings. The normalized spacial score (nSPS) is 12.5. The zero-order valence-electron chi connectivity index (χ0n) is 9.50. The van der Waals surface area contributed by atoms with Crippen LogP contribution in [0.1, 0.15) is 12.0 Å². The Morgan fingerprint density at radius 3 is 2.75 bits per heavy atom. The molecule has 0 aliphatic carbocycles. The number of hydrogen-bond acceptors (Lipinski definition) is 2. The molecule has 0 saturated heterocycles. The molecule has 0 aromatic heterocycles. The minimum atomic E-state index is 0.0497. The van der Waals surface area contributed by atoms with Gasteiger partial charge in [0.15, 0.2) is 0 Å². The van der Waals surface area contributed by atoms with Gasteiger partial charge in [-0.2, -0.15) is 0 Å². The molecular formula is C12H16BrClO2. The second kappa shape index (κ2) is 7.15. The van der Waals surface area contributed by atoms with Gasteiger partial charge in [0.2, 0.25) is 0 Å². The van der Waals surface area contributed by atoms with Crippen LogP contribution >= 0.6 is 27.5 Å². The number of hydrogen-bond donors (Lipinski definition) is 0. The summed E-state index contributed by atoms with van der Waals surface area (Å²) in [6.07, 6.45) is 1.77. The van der Waals surface area contributed by atoms with E-state index in [1.165, 1.54) is 5.56 Å². The molecule has 16 heavy (non-hydrogen) atoms. The molecule has 4 heteroatoms. The molecule has 0 heterocycles. The number of ether oxygens (including phenoxy) is 2. The first-order chi connectivity index (χ1) is 7.67. The number of rotatable bonds is 6. The number of benzene rings is 1. The molecule has 0 radical (unpaired) electrons. The highest BCUT2D eigenvalue weighted by Crippen LogP contribution is 2.25. The van der Waals surface area contributed by atoms with E-state index >= 15 is 0 Å². The molecule has 1 aromatic carbocycles. The van der Waals surface area contributed by atoms with Gasteiger partial charge in [0.1, 0.15) is 5.75 Å². The van der Waals surface area contributed by atoms with Gasteiger partial charge >= 0.3 is 0 Å². The van der Waals surface area contributed by atoms with Crippen molar-refractivity contribution >= 4 is 27.5 Å². The van der Waals surface area contributed by atoms with Crippen LogP contribution in [0.2, 0.25) is 0 Å². The molecule has 1 unspecified atom stereocenters. The monoisotopic (exact) mass is 306 g/mol. The van der Waals surface area contributed by atoms with E-state index in [-0.39, 0.29) is 5.38 Å². The summed E-state index contributed by atoms with van der Waals surface area (Å²) in [5, 5.41) is 0.0497. The average Bonchev–Trinajstić information content (AvgIpc) is 2.27. The molecule has 1 aromatic rings. The van der Waals surface area contributed by atoms with Gasteiger partial charge in [0, 0.05) is 11.6 Å². The summed E-state index contributed by atoms with van der Waals surface area (Å²) < 4.78 is 11.4. The summed E-state index contributed by atoms with van der Waals surface area (Å²) in [6, 6.07) is 5.99. The lowest BCUT2D eigenvalue weighted by atomic mass is 10.1. The summed E-state index contributed by atoms with van der Waals surface area (Å²) >= 11 is 9.54. The molecule has 0 N–H and O–H groups in total. The Labute approximate surface area is 110 Å². The van der Waals surface area contributed by atoms with Crippen molar-refractivity contribution in [3.63, 3.8) is 0 Å². The first-order valence-corrected chi connectivity index (χ1v) is 6.35. The van der Waals surface area contributed by atoms with E-state index in [1.807, 2.05) is 12.1 Å². The molecule has 0 fully saturated rings. The van der Waals surface area contributed by atoms with Gasteiger partial charge in [-0.05, 0) is 36.6 Å². The summed E-state index contributed by atoms with van der Waals surface area (Å²) in [6.45, 7) is 0.581. The molecule has 0 spiro atoms. The summed E-state index contributed by atoms with van der Waals surface area (Å²) in [5.41, 5.74) is 1.17. The SMILES string of the molecule is COCC(Cl)CCc1cc(Br)ccc1OC. The zero-order valence-corrected chi connectivity index (χ0v) is 11.8. The van der Waals surface area contributed by atoms with Crippen LogP contribution in [0.25, 0.3) is 0 Å². The number of halogens is 2. The van der Waals surface area contributed by atoms with E-state index in [0.29, 0.717) is 6.61 Å². The van der Waals surface area contributed by atoms with Crippen LogP contribution in [0.3, 0.4) is 0 Å². The van der Waals surface area contributed by atoms with Crippen molar-refractivity contribution in [1.82, 2.24) is 0 Å². The predicted molar refractivity (Wildman–Crippen MR) is 70.5 cm³/mol. The number of alkyl halides is 1. The lowest BCUT2D eigenvalue weighted by Crippen LogP contribution is -2.08. The van der Waals surface area contributed by atoms with Gasteiger partial charge in [0.05, 0.1) is 19.1 Å². The largest absolute Gasteiger partial charge is 0.496 e. The van der Waals surface area contributed by atoms with Gasteiger partial charge in [0.25, 0.3) is 0 Å². The van der Waals surface area contributed by atoms with E-state index in [1.54, 1.807) is 14.2 Å². The quantitative estimate of drug-likeness (QED) is 0.747. The topological polar surface area (TPSA) is 18.5 Å². The Balaban J connectivity index is 2.61. The highest BCUT2D eigenvalue weighted by atomic mass is 79.9. The van der Waals surface area contributed by atoms with Crippen LogP contribution in [-0.4, -0.2) is 26.2 Å². The lowest BCUT2D eigenvalue weighted by Gasteiger charge is -2.11. The first kappa shape index (κ1) is 13.8. The van der Waals surface area contributed by atoms with Crippen molar-refractivity contribution in [1.29, 1.82) is 0 Å². The summed E-state index contributed by atoms with van der Waals surface area (Å²) in [5.74, 6) is 0.907. The molecule has 1 atom stereocenters. The van der Waals surface area contributed by atoms with Gasteiger partial charge < -0.3 is 9.47 Å². The standard InChI is InChI=1S/C12H16BrClO2/c1-15-8-11(14)5-3-9-7-10(13)4-6-12(9)16-2/h4,6-7,11H,3,5,8H2,1-2H3. The van der Waals surface area contributed by atoms with E-state index in [2.05, 4.69) is 22.0 Å². The molecule has 0 aliphatic heterocycles. The van der Waals surface area contributed by atoms with Crippen molar-refractivity contribution in [2.45, 2.75) is 18.2 Å². The molecule has 0 bridgehead atoms. The van der Waals surface area contributed by atoms with Gasteiger partial charge in [-0.25, -0.2) is 0 Å². The van der Waals surface area contributed by atoms with E-state index < -0.39 is 0 Å². The van der Waals surface area contributed by atoms with Crippen LogP contribution < -0.4 is 4.74 Å². The third kappa shape index (κ3) is 4.32. The van der Waals surface area contributed by atoms with Gasteiger partial charge in [-0.15, -0.1) is 11.6 Å². The van der Waals surface area contributed by atoms with E-state index in [0.717, 1.165) is 23.1 Å². The summed E-state index contributed by atoms with van der Waals surface area (Å²) in [4.78, 5) is 0. The third-order valence-electron chi connectivity index (χ3n) is 2.32. The van der Waals surface area contributed by atoms with E-state index in [4.69, 9.17) is 21.1 Å². The highest BCUT2D eigenvalue weighted by molar-refractivity contribution is 9.10. The van der Waals surface area contributed by atoms with E-state index in [9.17, 15) is 0 Å². The van der Waals surface area contributed by atoms with Crippen LogP contribution in [-0.2, 0) is 11.2 Å². The molecule has 0 saturated carbocycles. The zero-order chi connectivity index (χ0) is 12.0. The van der Waals surface area contributed by atoms with Crippen molar-refractivity contribution in [2.24, 2.45) is 0 Å². The Hall–Kier alpha value is -0.250. The van der Waals surface area contributed by atoms with Crippen LogP contribution in [0.5, 0.6) is 5.75 Å². The Kier molecular flexibility index (Phi) is 6.17. The fraction of sp³-hybridized carbons (Fsp3) is 0.500. The smallest absolute Gasteiger partial charge is 0.122 e. The maximum atomic E-state index is 6.09. The fourth-order valence-corrected chi connectivity index (χ4v) is 2.16. The maximum Gasteiger partial charge on any atom is 0.122 e. The van der Waals surface area contributed by atoms with Crippen molar-refractivity contribution in [3.8, 4) is 5.75 Å². The molecule has 2 nitrogen and oxygen atoms in total. The number of aryl methyl sites for hydroxylation is 1. The second-order valence-corrected chi connectivity index (χ2v) is 5.08. The molecule has 90 valence electrons. The Morgan fingerprint density at radius 1 is 1.38 bits per heavy atom. The molecule has 0 amide bonds. The maximum absolute atomic E-state index is 6.09. The van der Waals surface area contributed by atoms with Crippen LogP contribution in [0.15, 0.2) is 22.7 Å². The second-order valence-electron chi connectivity index (χ2n) is 3.55. The van der Waals surface area contributed by atoms with Crippen molar-refractivity contribution < 1.29 is 9.47 Å². The number of methoxy groups -OCH3 is 2. The van der Waals surface area contributed by atoms with Gasteiger partial charge in [-0.1, -0.05) is 15.9 Å². The Bertz CT molecular complexity index is 331. The third-order valence-corrected chi connectivity index (χ3v) is 3.15. The minimum Gasteiger partial charge on any atom is -0.496 e. The Morgan fingerprint density at radius 2 is 2.12 bits per heavy atom. The molecular weight excluding hydrogens is 291 g/mol. The fourth-order valence-electron chi connectivity index (χ4n) is 1.52. The van der Waals surface area contributed by atoms with Crippen LogP contribution in [0, 0.1) is 0 Å². The van der Waals surface area contributed by atoms with Crippen LogP contribution in [0.4, 0.5) is 0 Å². The average molecular weight is 308 g/mol. The lowest BCUT2D eigenvalue weighted by molar-refractivity contribution is 0.195. The first-order valence-electron chi connectivity index (χ1n) is 5.12.